The van der Waals surface area contributed by atoms with Gasteiger partial charge in [-0.05, 0) is 55.5 Å². The van der Waals surface area contributed by atoms with Gasteiger partial charge in [0.15, 0.2) is 5.75 Å². The number of carbonyl (C=O) groups is 7. The highest BCUT2D eigenvalue weighted by molar-refractivity contribution is 5.96. The van der Waals surface area contributed by atoms with Gasteiger partial charge in [-0.25, -0.2) is 10.0 Å². The SMILES string of the molecule is CC(C)CCCCCCCC(=O)N(C)C(CO)C(=O)NC(C)C(=O)NCC(=O)N(C)C1C(=O)NC(C)C(=O)NC(C(=O)O)Cc2cc(c(O)c([NH+]([O-])O)c2)-c2cc1ccc2O. The predicted molar refractivity (Wildman–Crippen MR) is 219 cm³/mol. The van der Waals surface area contributed by atoms with Gasteiger partial charge in [0, 0.05) is 44.1 Å². The lowest BCUT2D eigenvalue weighted by molar-refractivity contribution is -0.991. The first-order valence-corrected chi connectivity index (χ1v) is 20.1. The van der Waals surface area contributed by atoms with Crippen molar-refractivity contribution in [1.29, 1.82) is 0 Å². The number of aromatic hydroxyl groups is 2. The summed E-state index contributed by atoms with van der Waals surface area (Å²) in [7, 11) is 2.59. The number of rotatable bonds is 18. The van der Waals surface area contributed by atoms with Crippen LogP contribution in [0.4, 0.5) is 5.69 Å². The Morgan fingerprint density at radius 1 is 0.902 bits per heavy atom. The second kappa shape index (κ2) is 22.7. The lowest BCUT2D eigenvalue weighted by Gasteiger charge is -2.30. The quantitative estimate of drug-likeness (QED) is 0.0542. The Hall–Kier alpha value is -5.83. The molecule has 10 N–H and O–H groups in total. The smallest absolute Gasteiger partial charge is 0.326 e. The molecule has 61 heavy (non-hydrogen) atoms. The maximum absolute atomic E-state index is 13.9. The number of benzene rings is 2. The molecule has 6 atom stereocenters. The molecule has 0 radical (unpaired) electrons. The first-order chi connectivity index (χ1) is 28.7. The number of carboxylic acid groups (broad SMARTS) is 1. The Morgan fingerprint density at radius 3 is 2.18 bits per heavy atom. The molecular weight excluding hydrogens is 798 g/mol. The molecule has 20 nitrogen and oxygen atoms in total. The van der Waals surface area contributed by atoms with Gasteiger partial charge in [-0.1, -0.05) is 52.0 Å². The molecule has 4 bridgehead atoms. The number of aliphatic hydroxyl groups is 1. The van der Waals surface area contributed by atoms with Crippen molar-refractivity contribution in [3.8, 4) is 22.6 Å². The zero-order valence-corrected chi connectivity index (χ0v) is 35.3. The van der Waals surface area contributed by atoms with Gasteiger partial charge in [-0.15, -0.1) is 0 Å². The summed E-state index contributed by atoms with van der Waals surface area (Å²) in [6.45, 7) is 5.49. The molecule has 0 saturated heterocycles. The number of fused-ring (bicyclic) bond motifs is 5. The second-order valence-electron chi connectivity index (χ2n) is 15.7. The number of aliphatic hydroxyl groups excluding tert-OH is 1. The van der Waals surface area contributed by atoms with Crippen molar-refractivity contribution in [3.05, 3.63) is 46.7 Å². The number of hydrogen-bond acceptors (Lipinski definition) is 12. The largest absolute Gasteiger partial charge is 0.595 e. The molecule has 1 aliphatic heterocycles. The Labute approximate surface area is 353 Å². The average Bonchev–Trinajstić information content (AvgIpc) is 3.19. The van der Waals surface area contributed by atoms with E-state index >= 15 is 0 Å². The number of phenols is 2. The standard InChI is InChI=1S/C41H59N7O13/c1-22(2)12-10-8-7-9-11-13-33(51)46(5)31(21-49)39(56)43-23(3)37(54)42-20-34(52)47(6)35-26-14-15-32(50)27(19-26)28-16-25(18-30(36(28)53)48(60)61)17-29(41(58)59)45-38(55)24(4)44-40(35)57/h14-16,18-19,22-24,29,31,35,48-50,53,60H,7-13,17,20-21H2,1-6H3,(H,42,54)(H,43,56)(H,44,57)(H,45,55)(H,58,59). The van der Waals surface area contributed by atoms with Gasteiger partial charge in [-0.2, -0.15) is 5.23 Å². The maximum atomic E-state index is 13.9. The number of carbonyl (C=O) groups excluding carboxylic acids is 6. The summed E-state index contributed by atoms with van der Waals surface area (Å²) in [6, 6.07) is -1.25. The summed E-state index contributed by atoms with van der Waals surface area (Å²) in [5.74, 6) is -6.86. The van der Waals surface area contributed by atoms with Crippen molar-refractivity contribution in [3.63, 3.8) is 0 Å². The van der Waals surface area contributed by atoms with E-state index in [1.807, 2.05) is 0 Å². The van der Waals surface area contributed by atoms with E-state index in [9.17, 15) is 64.4 Å². The van der Waals surface area contributed by atoms with Crippen LogP contribution in [-0.4, -0.2) is 128 Å². The normalized spacial score (nSPS) is 18.1. The number of aliphatic carboxylic acids is 1. The molecular formula is C41H59N7O13. The third kappa shape index (κ3) is 13.6. The molecule has 6 amide bonds. The van der Waals surface area contributed by atoms with Crippen LogP contribution in [0.5, 0.6) is 11.5 Å². The van der Waals surface area contributed by atoms with Crippen LogP contribution in [0.25, 0.3) is 11.1 Å². The molecule has 20 heteroatoms. The van der Waals surface area contributed by atoms with Crippen LogP contribution in [0.3, 0.4) is 0 Å². The van der Waals surface area contributed by atoms with Crippen LogP contribution in [0.15, 0.2) is 30.3 Å². The molecule has 0 fully saturated rings. The first kappa shape index (κ1) is 49.5. The van der Waals surface area contributed by atoms with Crippen LogP contribution in [0.2, 0.25) is 0 Å². The minimum atomic E-state index is -1.62. The molecule has 3 rings (SSSR count). The fourth-order valence-electron chi connectivity index (χ4n) is 6.81. The third-order valence-corrected chi connectivity index (χ3v) is 10.5. The monoisotopic (exact) mass is 857 g/mol. The summed E-state index contributed by atoms with van der Waals surface area (Å²) in [5.41, 5.74) is -1.01. The molecule has 336 valence electrons. The first-order valence-electron chi connectivity index (χ1n) is 20.1. The zero-order chi connectivity index (χ0) is 45.7. The van der Waals surface area contributed by atoms with E-state index in [4.69, 9.17) is 0 Å². The van der Waals surface area contributed by atoms with Gasteiger partial charge in [-0.3, -0.25) is 28.8 Å². The van der Waals surface area contributed by atoms with Gasteiger partial charge in [0.1, 0.15) is 36.0 Å². The lowest BCUT2D eigenvalue weighted by Crippen LogP contribution is -2.99. The highest BCUT2D eigenvalue weighted by atomic mass is 16.8. The minimum absolute atomic E-state index is 0.0122. The van der Waals surface area contributed by atoms with E-state index < -0.39 is 108 Å². The van der Waals surface area contributed by atoms with Crippen LogP contribution in [0.1, 0.15) is 89.8 Å². The van der Waals surface area contributed by atoms with Gasteiger partial charge >= 0.3 is 5.97 Å². The molecule has 0 aliphatic carbocycles. The number of nitrogens with one attached hydrogen (secondary N) is 5. The van der Waals surface area contributed by atoms with E-state index in [0.717, 1.165) is 54.0 Å². The predicted octanol–water partition coefficient (Wildman–Crippen LogP) is 0.125. The van der Waals surface area contributed by atoms with Crippen molar-refractivity contribution >= 4 is 47.1 Å². The number of carboxylic acids is 1. The van der Waals surface area contributed by atoms with Crippen LogP contribution in [0, 0.1) is 11.1 Å². The van der Waals surface area contributed by atoms with Crippen LogP contribution in [-0.2, 0) is 40.0 Å². The number of amides is 6. The molecule has 0 spiro atoms. The number of nitrogens with zero attached hydrogens (tertiary/aromatic N) is 2. The van der Waals surface area contributed by atoms with Gasteiger partial charge in [0.2, 0.25) is 41.1 Å². The fourth-order valence-corrected chi connectivity index (χ4v) is 6.81. The fraction of sp³-hybridized carbons (Fsp3) is 0.537. The van der Waals surface area contributed by atoms with Gasteiger partial charge in [0.25, 0.3) is 0 Å². The summed E-state index contributed by atoms with van der Waals surface area (Å²) in [5, 5.41) is 71.7. The van der Waals surface area contributed by atoms with Crippen LogP contribution < -0.4 is 26.5 Å². The van der Waals surface area contributed by atoms with Crippen molar-refractivity contribution in [2.45, 2.75) is 109 Å². The van der Waals surface area contributed by atoms with E-state index in [-0.39, 0.29) is 34.6 Å². The second-order valence-corrected chi connectivity index (χ2v) is 15.7. The van der Waals surface area contributed by atoms with Crippen molar-refractivity contribution in [2.75, 3.05) is 27.2 Å². The van der Waals surface area contributed by atoms with Crippen molar-refractivity contribution in [1.82, 2.24) is 31.1 Å². The van der Waals surface area contributed by atoms with E-state index in [0.29, 0.717) is 12.3 Å². The molecule has 1 aliphatic rings. The van der Waals surface area contributed by atoms with Gasteiger partial charge < -0.3 is 56.7 Å². The Balaban J connectivity index is 1.80. The Morgan fingerprint density at radius 2 is 1.56 bits per heavy atom. The molecule has 0 saturated carbocycles. The highest BCUT2D eigenvalue weighted by Gasteiger charge is 2.34. The Kier molecular flexibility index (Phi) is 18.4. The van der Waals surface area contributed by atoms with E-state index in [2.05, 4.69) is 35.1 Å². The molecule has 0 aromatic heterocycles. The molecule has 2 aromatic carbocycles. The number of hydrogen-bond donors (Lipinski definition) is 10. The molecule has 1 heterocycles. The minimum Gasteiger partial charge on any atom is -0.595 e. The zero-order valence-electron chi connectivity index (χ0n) is 35.3. The summed E-state index contributed by atoms with van der Waals surface area (Å²) in [6.07, 6.45) is 5.52. The van der Waals surface area contributed by atoms with Gasteiger partial charge in [0.05, 0.1) is 13.2 Å². The van der Waals surface area contributed by atoms with E-state index in [1.165, 1.54) is 46.1 Å². The summed E-state index contributed by atoms with van der Waals surface area (Å²) < 4.78 is 0. The maximum Gasteiger partial charge on any atom is 0.326 e. The van der Waals surface area contributed by atoms with E-state index in [1.54, 1.807) is 0 Å². The lowest BCUT2D eigenvalue weighted by atomic mass is 9.93. The Bertz CT molecular complexity index is 1920. The van der Waals surface area contributed by atoms with Crippen LogP contribution >= 0.6 is 0 Å². The summed E-state index contributed by atoms with van der Waals surface area (Å²) in [4.78, 5) is 93.8. The third-order valence-electron chi connectivity index (χ3n) is 10.5. The molecule has 2 aromatic rings. The topological polar surface area (TPSA) is 303 Å². The molecule has 6 unspecified atom stereocenters. The summed E-state index contributed by atoms with van der Waals surface area (Å²) >= 11 is 0. The number of unbranched alkanes of at least 4 members (excludes halogenated alkanes) is 4. The number of phenolic OH excluding ortho intramolecular Hbond substituents is 2. The number of quaternary nitrogens is 1. The number of likely N-dealkylation sites (N-methyl/N-ethyl adjacent to an activating group) is 2. The van der Waals surface area contributed by atoms with Crippen molar-refractivity contribution in [2.24, 2.45) is 5.92 Å². The van der Waals surface area contributed by atoms with Crippen molar-refractivity contribution < 1.29 is 64.4 Å². The highest BCUT2D eigenvalue weighted by Crippen LogP contribution is 2.41. The average molecular weight is 858 g/mol.